The third kappa shape index (κ3) is 5.91. The number of carbonyl (C=O) groups excluding carboxylic acids is 1. The third-order valence-electron chi connectivity index (χ3n) is 4.66. The number of rotatable bonds is 5. The minimum absolute atomic E-state index is 0. The number of ether oxygens (including phenoxy) is 1. The Labute approximate surface area is 187 Å². The molecule has 10 heteroatoms. The van der Waals surface area contributed by atoms with Crippen LogP contribution in [0.15, 0.2) is 48.8 Å². The number of halogens is 2. The van der Waals surface area contributed by atoms with Crippen molar-refractivity contribution in [3.05, 3.63) is 60.0 Å². The number of aromatic nitrogens is 4. The van der Waals surface area contributed by atoms with E-state index in [0.717, 1.165) is 31.5 Å². The Balaban J connectivity index is 0.00000160. The van der Waals surface area contributed by atoms with Gasteiger partial charge in [0.1, 0.15) is 5.75 Å². The fourth-order valence-corrected chi connectivity index (χ4v) is 3.07. The molecule has 0 radical (unpaired) electrons. The molecule has 1 aliphatic heterocycles. The second-order valence-corrected chi connectivity index (χ2v) is 6.82. The van der Waals surface area contributed by atoms with Crippen LogP contribution in [0.5, 0.6) is 11.6 Å². The summed E-state index contributed by atoms with van der Waals surface area (Å²) in [6.45, 7) is 3.92. The van der Waals surface area contributed by atoms with Gasteiger partial charge >= 0.3 is 0 Å². The molecule has 3 aromatic rings. The maximum absolute atomic E-state index is 12.4. The van der Waals surface area contributed by atoms with Crippen molar-refractivity contribution in [2.45, 2.75) is 25.8 Å². The van der Waals surface area contributed by atoms with Gasteiger partial charge in [-0.25, -0.2) is 9.67 Å². The van der Waals surface area contributed by atoms with Crippen molar-refractivity contribution in [1.82, 2.24) is 25.3 Å². The zero-order valence-electron chi connectivity index (χ0n) is 16.4. The van der Waals surface area contributed by atoms with E-state index in [1.165, 1.54) is 0 Å². The highest BCUT2D eigenvalue weighted by Crippen LogP contribution is 2.21. The molecule has 4 rings (SSSR count). The Kier molecular flexibility index (Phi) is 8.58. The number of aryl methyl sites for hydroxylation is 1. The fraction of sp³-hybridized carbons (Fsp3) is 0.300. The minimum Gasteiger partial charge on any atom is -0.439 e. The third-order valence-corrected chi connectivity index (χ3v) is 4.66. The van der Waals surface area contributed by atoms with Gasteiger partial charge in [-0.1, -0.05) is 22.9 Å². The lowest BCUT2D eigenvalue weighted by molar-refractivity contribution is 0.102. The molecule has 0 bridgehead atoms. The molecule has 1 aromatic carbocycles. The summed E-state index contributed by atoms with van der Waals surface area (Å²) in [6, 6.07) is 11.5. The van der Waals surface area contributed by atoms with Crippen LogP contribution in [0.1, 0.15) is 34.9 Å². The van der Waals surface area contributed by atoms with Crippen LogP contribution in [0.25, 0.3) is 0 Å². The number of hydrogen-bond acceptors (Lipinski definition) is 6. The molecule has 1 saturated heterocycles. The average molecular weight is 451 g/mol. The zero-order chi connectivity index (χ0) is 19.3. The van der Waals surface area contributed by atoms with Crippen LogP contribution >= 0.6 is 24.8 Å². The Morgan fingerprint density at radius 3 is 2.53 bits per heavy atom. The molecule has 1 amide bonds. The molecule has 0 saturated carbocycles. The van der Waals surface area contributed by atoms with Crippen LogP contribution in [-0.2, 0) is 0 Å². The van der Waals surface area contributed by atoms with Crippen molar-refractivity contribution in [3.63, 3.8) is 0 Å². The molecule has 160 valence electrons. The molecule has 30 heavy (non-hydrogen) atoms. The van der Waals surface area contributed by atoms with E-state index < -0.39 is 0 Å². The molecular formula is C20H24Cl2N6O2. The normalized spacial score (nSPS) is 13.6. The summed E-state index contributed by atoms with van der Waals surface area (Å²) in [5.41, 5.74) is 2.02. The number of amides is 1. The van der Waals surface area contributed by atoms with E-state index in [0.29, 0.717) is 23.0 Å². The van der Waals surface area contributed by atoms with Gasteiger partial charge in [0, 0.05) is 6.07 Å². The quantitative estimate of drug-likeness (QED) is 0.613. The molecule has 0 atom stereocenters. The van der Waals surface area contributed by atoms with E-state index in [9.17, 15) is 4.79 Å². The highest BCUT2D eigenvalue weighted by Gasteiger charge is 2.18. The van der Waals surface area contributed by atoms with Crippen molar-refractivity contribution in [1.29, 1.82) is 0 Å². The van der Waals surface area contributed by atoms with Gasteiger partial charge < -0.3 is 15.4 Å². The average Bonchev–Trinajstić information content (AvgIpc) is 3.22. The number of nitrogens with one attached hydrogen (secondary N) is 2. The van der Waals surface area contributed by atoms with Crippen LogP contribution in [0.2, 0.25) is 0 Å². The number of carbonyl (C=O) groups is 1. The second-order valence-electron chi connectivity index (χ2n) is 6.82. The first-order chi connectivity index (χ1) is 13.7. The van der Waals surface area contributed by atoms with Gasteiger partial charge in [0.25, 0.3) is 5.91 Å². The molecule has 2 N–H and O–H groups in total. The van der Waals surface area contributed by atoms with Gasteiger partial charge in [-0.05, 0) is 51.1 Å². The summed E-state index contributed by atoms with van der Waals surface area (Å²) in [7, 11) is 0. The summed E-state index contributed by atoms with van der Waals surface area (Å²) in [6.07, 6.45) is 5.22. The van der Waals surface area contributed by atoms with Crippen molar-refractivity contribution in [3.8, 4) is 11.6 Å². The van der Waals surface area contributed by atoms with Gasteiger partial charge in [-0.3, -0.25) is 4.79 Å². The van der Waals surface area contributed by atoms with E-state index in [-0.39, 0.29) is 36.8 Å². The molecular weight excluding hydrogens is 427 g/mol. The number of piperidine rings is 1. The molecule has 0 unspecified atom stereocenters. The summed E-state index contributed by atoms with van der Waals surface area (Å²) in [5.74, 6) is 0.859. The van der Waals surface area contributed by atoms with Crippen molar-refractivity contribution in [2.24, 2.45) is 0 Å². The smallest absolute Gasteiger partial charge is 0.277 e. The lowest BCUT2D eigenvalue weighted by atomic mass is 10.1. The Morgan fingerprint density at radius 2 is 1.87 bits per heavy atom. The maximum Gasteiger partial charge on any atom is 0.277 e. The van der Waals surface area contributed by atoms with Gasteiger partial charge in [0.05, 0.1) is 24.1 Å². The Hall–Kier alpha value is -2.68. The lowest BCUT2D eigenvalue weighted by Gasteiger charge is -2.22. The van der Waals surface area contributed by atoms with Gasteiger partial charge in [0.2, 0.25) is 5.88 Å². The van der Waals surface area contributed by atoms with Crippen LogP contribution in [-0.4, -0.2) is 39.0 Å². The highest BCUT2D eigenvalue weighted by atomic mass is 35.5. The monoisotopic (exact) mass is 450 g/mol. The van der Waals surface area contributed by atoms with E-state index in [1.54, 1.807) is 29.2 Å². The van der Waals surface area contributed by atoms with Gasteiger partial charge in [-0.2, -0.15) is 0 Å². The number of pyridine rings is 1. The topological polar surface area (TPSA) is 94.0 Å². The largest absolute Gasteiger partial charge is 0.439 e. The molecule has 2 aromatic heterocycles. The van der Waals surface area contributed by atoms with E-state index in [2.05, 4.69) is 25.9 Å². The molecule has 3 heterocycles. The summed E-state index contributed by atoms with van der Waals surface area (Å²) in [5, 5.41) is 14.2. The first-order valence-electron chi connectivity index (χ1n) is 9.32. The molecule has 1 fully saturated rings. The highest BCUT2D eigenvalue weighted by molar-refractivity contribution is 6.02. The number of benzene rings is 1. The molecule has 8 nitrogen and oxygen atoms in total. The standard InChI is InChI=1S/C20H22N6O2.2ClH/c1-14-2-5-17(6-3-14)28-19-7-4-15(12-22-19)23-20(27)18-13-26(25-24-18)16-8-10-21-11-9-16;;/h2-7,12-13,16,21H,8-11H2,1H3,(H,23,27);2*1H. The lowest BCUT2D eigenvalue weighted by Crippen LogP contribution is -2.29. The Morgan fingerprint density at radius 1 is 1.13 bits per heavy atom. The summed E-state index contributed by atoms with van der Waals surface area (Å²) in [4.78, 5) is 16.7. The summed E-state index contributed by atoms with van der Waals surface area (Å²) >= 11 is 0. The maximum atomic E-state index is 12.4. The molecule has 0 aliphatic carbocycles. The van der Waals surface area contributed by atoms with Crippen LogP contribution in [0.3, 0.4) is 0 Å². The number of nitrogens with zero attached hydrogens (tertiary/aromatic N) is 4. The van der Waals surface area contributed by atoms with Gasteiger partial charge in [-0.15, -0.1) is 29.9 Å². The van der Waals surface area contributed by atoms with Crippen molar-refractivity contribution < 1.29 is 9.53 Å². The van der Waals surface area contributed by atoms with Crippen molar-refractivity contribution >= 4 is 36.4 Å². The predicted molar refractivity (Wildman–Crippen MR) is 119 cm³/mol. The molecule has 1 aliphatic rings. The predicted octanol–water partition coefficient (Wildman–Crippen LogP) is 3.79. The summed E-state index contributed by atoms with van der Waals surface area (Å²) < 4.78 is 7.48. The van der Waals surface area contributed by atoms with E-state index in [1.807, 2.05) is 31.2 Å². The van der Waals surface area contributed by atoms with Gasteiger partial charge in [0.15, 0.2) is 5.69 Å². The van der Waals surface area contributed by atoms with Crippen LogP contribution in [0, 0.1) is 6.92 Å². The zero-order valence-corrected chi connectivity index (χ0v) is 18.1. The first kappa shape index (κ1) is 23.6. The SMILES string of the molecule is Cc1ccc(Oc2ccc(NC(=O)c3cn(C4CCNCC4)nn3)cn2)cc1.Cl.Cl. The van der Waals surface area contributed by atoms with E-state index in [4.69, 9.17) is 4.74 Å². The fourth-order valence-electron chi connectivity index (χ4n) is 3.07. The van der Waals surface area contributed by atoms with Crippen molar-refractivity contribution in [2.75, 3.05) is 18.4 Å². The van der Waals surface area contributed by atoms with Crippen LogP contribution < -0.4 is 15.4 Å². The van der Waals surface area contributed by atoms with Crippen LogP contribution in [0.4, 0.5) is 5.69 Å². The second kappa shape index (κ2) is 10.9. The minimum atomic E-state index is -0.311. The Bertz CT molecular complexity index is 941. The molecule has 0 spiro atoms. The number of hydrogen-bond donors (Lipinski definition) is 2. The number of anilines is 1. The first-order valence-corrected chi connectivity index (χ1v) is 9.32. The van der Waals surface area contributed by atoms with E-state index >= 15 is 0 Å².